The number of thioether (sulfide) groups is 1. The number of aromatic nitrogens is 1. The van der Waals surface area contributed by atoms with Gasteiger partial charge in [-0.3, -0.25) is 0 Å². The van der Waals surface area contributed by atoms with Crippen molar-refractivity contribution >= 4 is 28.6 Å². The summed E-state index contributed by atoms with van der Waals surface area (Å²) in [7, 11) is 0. The smallest absolute Gasteiger partial charge is 0.336 e. The van der Waals surface area contributed by atoms with Crippen molar-refractivity contribution < 1.29 is 9.90 Å². The lowest BCUT2D eigenvalue weighted by Crippen LogP contribution is -1.98. The molecule has 3 aromatic rings. The topological polar surface area (TPSA) is 50.2 Å². The van der Waals surface area contributed by atoms with Crippen molar-refractivity contribution in [3.63, 3.8) is 0 Å². The first-order valence-corrected chi connectivity index (χ1v) is 7.52. The Bertz CT molecular complexity index is 787. The monoisotopic (exact) mass is 295 g/mol. The van der Waals surface area contributed by atoms with Crippen molar-refractivity contribution in [3.8, 4) is 0 Å². The Morgan fingerprint density at radius 1 is 1.00 bits per heavy atom. The van der Waals surface area contributed by atoms with Crippen LogP contribution in [0.15, 0.2) is 65.7 Å². The average molecular weight is 295 g/mol. The van der Waals surface area contributed by atoms with Crippen molar-refractivity contribution in [1.29, 1.82) is 0 Å². The van der Waals surface area contributed by atoms with Gasteiger partial charge in [-0.2, -0.15) is 0 Å². The van der Waals surface area contributed by atoms with Crippen LogP contribution in [0.3, 0.4) is 0 Å². The van der Waals surface area contributed by atoms with Gasteiger partial charge in [0.2, 0.25) is 0 Å². The summed E-state index contributed by atoms with van der Waals surface area (Å²) in [4.78, 5) is 15.7. The highest BCUT2D eigenvalue weighted by molar-refractivity contribution is 7.98. The van der Waals surface area contributed by atoms with Crippen LogP contribution in [0.5, 0.6) is 0 Å². The van der Waals surface area contributed by atoms with E-state index < -0.39 is 5.97 Å². The highest BCUT2D eigenvalue weighted by atomic mass is 32.2. The molecule has 104 valence electrons. The molecule has 1 heterocycles. The summed E-state index contributed by atoms with van der Waals surface area (Å²) in [5.74, 6) is -0.0788. The van der Waals surface area contributed by atoms with Crippen LogP contribution in [-0.2, 0) is 5.75 Å². The van der Waals surface area contributed by atoms with E-state index in [0.717, 1.165) is 10.8 Å². The fourth-order valence-corrected chi connectivity index (χ4v) is 2.97. The summed E-state index contributed by atoms with van der Waals surface area (Å²) >= 11 is 1.64. The van der Waals surface area contributed by atoms with E-state index in [-0.39, 0.29) is 0 Å². The zero-order chi connectivity index (χ0) is 14.7. The molecule has 0 aliphatic rings. The van der Waals surface area contributed by atoms with E-state index >= 15 is 0 Å². The Balaban J connectivity index is 1.86. The fraction of sp³-hybridized carbons (Fsp3) is 0.0588. The van der Waals surface area contributed by atoms with Crippen molar-refractivity contribution in [2.45, 2.75) is 10.8 Å². The van der Waals surface area contributed by atoms with Crippen molar-refractivity contribution in [3.05, 3.63) is 71.8 Å². The van der Waals surface area contributed by atoms with Crippen LogP contribution < -0.4 is 0 Å². The third kappa shape index (κ3) is 3.06. The maximum Gasteiger partial charge on any atom is 0.336 e. The zero-order valence-electron chi connectivity index (χ0n) is 11.2. The number of carboxylic acid groups (broad SMARTS) is 1. The molecule has 0 radical (unpaired) electrons. The molecule has 4 heteroatoms. The van der Waals surface area contributed by atoms with E-state index in [9.17, 15) is 9.90 Å². The summed E-state index contributed by atoms with van der Waals surface area (Å²) in [6.07, 6.45) is 0. The summed E-state index contributed by atoms with van der Waals surface area (Å²) in [6.45, 7) is 0. The van der Waals surface area contributed by atoms with E-state index in [2.05, 4.69) is 17.1 Å². The number of pyridine rings is 1. The predicted octanol–water partition coefficient (Wildman–Crippen LogP) is 4.23. The van der Waals surface area contributed by atoms with Crippen LogP contribution in [0.2, 0.25) is 0 Å². The lowest BCUT2D eigenvalue weighted by Gasteiger charge is -2.05. The number of hydrogen-bond acceptors (Lipinski definition) is 3. The number of fused-ring (bicyclic) bond motifs is 1. The minimum atomic E-state index is -0.924. The molecule has 0 unspecified atom stereocenters. The number of hydrogen-bond donors (Lipinski definition) is 1. The molecular formula is C17H13NO2S. The first-order valence-electron chi connectivity index (χ1n) is 6.54. The number of carbonyl (C=O) groups is 1. The third-order valence-electron chi connectivity index (χ3n) is 3.17. The molecule has 0 saturated heterocycles. The molecular weight excluding hydrogens is 282 g/mol. The average Bonchev–Trinajstić information content (AvgIpc) is 2.53. The number of nitrogens with zero attached hydrogens (tertiary/aromatic N) is 1. The van der Waals surface area contributed by atoms with Crippen LogP contribution in [0.1, 0.15) is 15.9 Å². The summed E-state index contributed by atoms with van der Waals surface area (Å²) in [6, 6.07) is 19.1. The number of benzene rings is 2. The molecule has 21 heavy (non-hydrogen) atoms. The normalized spacial score (nSPS) is 10.7. The Morgan fingerprint density at radius 3 is 2.57 bits per heavy atom. The second-order valence-electron chi connectivity index (χ2n) is 4.60. The Kier molecular flexibility index (Phi) is 3.88. The molecule has 3 rings (SSSR count). The molecule has 1 aromatic heterocycles. The molecule has 0 atom stereocenters. The van der Waals surface area contributed by atoms with Crippen LogP contribution in [0.25, 0.3) is 10.9 Å². The lowest BCUT2D eigenvalue weighted by molar-refractivity contribution is 0.0699. The maximum atomic E-state index is 11.2. The van der Waals surface area contributed by atoms with E-state index in [1.54, 1.807) is 23.9 Å². The Morgan fingerprint density at radius 2 is 1.81 bits per heavy atom. The first kappa shape index (κ1) is 13.6. The van der Waals surface area contributed by atoms with Gasteiger partial charge in [0.05, 0.1) is 16.1 Å². The zero-order valence-corrected chi connectivity index (χ0v) is 12.0. The third-order valence-corrected chi connectivity index (χ3v) is 4.17. The van der Waals surface area contributed by atoms with Gasteiger partial charge in [-0.25, -0.2) is 9.78 Å². The van der Waals surface area contributed by atoms with Crippen molar-refractivity contribution in [2.24, 2.45) is 0 Å². The SMILES string of the molecule is O=C(O)c1cccc2nc(SCc3ccccc3)ccc12. The molecule has 1 N–H and O–H groups in total. The summed E-state index contributed by atoms with van der Waals surface area (Å²) in [5, 5.41) is 10.7. The second kappa shape index (κ2) is 5.97. The fourth-order valence-electron chi connectivity index (χ4n) is 2.13. The second-order valence-corrected chi connectivity index (χ2v) is 5.60. The standard InChI is InChI=1S/C17H13NO2S/c19-17(20)14-7-4-8-15-13(14)9-10-16(18-15)21-11-12-5-2-1-3-6-12/h1-10H,11H2,(H,19,20). The summed E-state index contributed by atoms with van der Waals surface area (Å²) in [5.41, 5.74) is 2.25. The first-order chi connectivity index (χ1) is 10.2. The van der Waals surface area contributed by atoms with Gasteiger partial charge in [0.15, 0.2) is 0 Å². The van der Waals surface area contributed by atoms with Gasteiger partial charge in [0.1, 0.15) is 0 Å². The van der Waals surface area contributed by atoms with Gasteiger partial charge in [-0.05, 0) is 29.8 Å². The molecule has 0 spiro atoms. The van der Waals surface area contributed by atoms with Gasteiger partial charge in [0.25, 0.3) is 0 Å². The van der Waals surface area contributed by atoms with Crippen molar-refractivity contribution in [2.75, 3.05) is 0 Å². The summed E-state index contributed by atoms with van der Waals surface area (Å²) < 4.78 is 0. The minimum absolute atomic E-state index is 0.291. The quantitative estimate of drug-likeness (QED) is 0.732. The Labute approximate surface area is 126 Å². The van der Waals surface area contributed by atoms with E-state index in [1.165, 1.54) is 5.56 Å². The van der Waals surface area contributed by atoms with Gasteiger partial charge < -0.3 is 5.11 Å². The molecule has 0 amide bonds. The highest BCUT2D eigenvalue weighted by Crippen LogP contribution is 2.25. The molecule has 0 aliphatic carbocycles. The number of rotatable bonds is 4. The van der Waals surface area contributed by atoms with Crippen LogP contribution in [-0.4, -0.2) is 16.1 Å². The molecule has 0 bridgehead atoms. The molecule has 0 fully saturated rings. The van der Waals surface area contributed by atoms with Gasteiger partial charge >= 0.3 is 5.97 Å². The van der Waals surface area contributed by atoms with Crippen LogP contribution in [0.4, 0.5) is 0 Å². The van der Waals surface area contributed by atoms with Gasteiger partial charge in [-0.15, -0.1) is 11.8 Å². The minimum Gasteiger partial charge on any atom is -0.478 e. The van der Waals surface area contributed by atoms with Crippen LogP contribution >= 0.6 is 11.8 Å². The molecule has 2 aromatic carbocycles. The lowest BCUT2D eigenvalue weighted by atomic mass is 10.1. The van der Waals surface area contributed by atoms with Gasteiger partial charge in [-0.1, -0.05) is 36.4 Å². The molecule has 0 saturated carbocycles. The largest absolute Gasteiger partial charge is 0.478 e. The van der Waals surface area contributed by atoms with Crippen LogP contribution in [0, 0.1) is 0 Å². The molecule has 3 nitrogen and oxygen atoms in total. The number of carboxylic acids is 1. The van der Waals surface area contributed by atoms with E-state index in [0.29, 0.717) is 16.5 Å². The van der Waals surface area contributed by atoms with E-state index in [1.807, 2.05) is 36.4 Å². The van der Waals surface area contributed by atoms with Gasteiger partial charge in [0, 0.05) is 11.1 Å². The number of aromatic carboxylic acids is 1. The van der Waals surface area contributed by atoms with Crippen molar-refractivity contribution in [1.82, 2.24) is 4.98 Å². The highest BCUT2D eigenvalue weighted by Gasteiger charge is 2.09. The van der Waals surface area contributed by atoms with E-state index in [4.69, 9.17) is 0 Å². The Hall–Kier alpha value is -2.33. The predicted molar refractivity (Wildman–Crippen MR) is 84.7 cm³/mol. The molecule has 0 aliphatic heterocycles. The maximum absolute atomic E-state index is 11.2.